The van der Waals surface area contributed by atoms with Gasteiger partial charge in [0.2, 0.25) is 0 Å². The number of rotatable bonds is 4. The first kappa shape index (κ1) is 11.6. The van der Waals surface area contributed by atoms with Gasteiger partial charge in [0.1, 0.15) is 0 Å². The van der Waals surface area contributed by atoms with Gasteiger partial charge >= 0.3 is 0 Å². The molecule has 0 amide bonds. The minimum atomic E-state index is -0.570. The molecule has 0 spiro atoms. The fourth-order valence-electron chi connectivity index (χ4n) is 2.04. The first-order valence-corrected chi connectivity index (χ1v) is 5.73. The van der Waals surface area contributed by atoms with Gasteiger partial charge in [0.15, 0.2) is 0 Å². The van der Waals surface area contributed by atoms with E-state index in [-0.39, 0.29) is 5.92 Å². The quantitative estimate of drug-likeness (QED) is 0.789. The first-order chi connectivity index (χ1) is 8.33. The van der Waals surface area contributed by atoms with Crippen LogP contribution in [0.5, 0.6) is 0 Å². The van der Waals surface area contributed by atoms with Gasteiger partial charge in [-0.3, -0.25) is 0 Å². The molecule has 0 heterocycles. The van der Waals surface area contributed by atoms with E-state index in [1.807, 2.05) is 60.7 Å². The topological polar surface area (TPSA) is 20.2 Å². The van der Waals surface area contributed by atoms with Gasteiger partial charge in [0.05, 0.1) is 6.10 Å². The monoisotopic (exact) mass is 224 g/mol. The average Bonchev–Trinajstić information content (AvgIpc) is 2.41. The molecule has 0 saturated heterocycles. The number of aliphatic hydroxyl groups is 1. The van der Waals surface area contributed by atoms with Crippen molar-refractivity contribution in [2.75, 3.05) is 0 Å². The Balaban J connectivity index is 2.43. The average molecular weight is 224 g/mol. The Morgan fingerprint density at radius 1 is 0.824 bits per heavy atom. The van der Waals surface area contributed by atoms with Crippen LogP contribution in [0.3, 0.4) is 0 Å². The zero-order chi connectivity index (χ0) is 12.1. The molecule has 2 aromatic rings. The van der Waals surface area contributed by atoms with Crippen molar-refractivity contribution in [2.45, 2.75) is 12.0 Å². The van der Waals surface area contributed by atoms with Crippen molar-refractivity contribution in [1.82, 2.24) is 0 Å². The summed E-state index contributed by atoms with van der Waals surface area (Å²) in [4.78, 5) is 0. The maximum atomic E-state index is 10.1. The van der Waals surface area contributed by atoms with Crippen molar-refractivity contribution in [1.29, 1.82) is 0 Å². The molecule has 1 nitrogen and oxygen atoms in total. The molecule has 1 atom stereocenters. The molecule has 1 N–H and O–H groups in total. The van der Waals surface area contributed by atoms with E-state index in [9.17, 15) is 5.11 Å². The molecule has 1 heteroatoms. The van der Waals surface area contributed by atoms with Crippen LogP contribution in [-0.2, 0) is 0 Å². The summed E-state index contributed by atoms with van der Waals surface area (Å²) in [5.74, 6) is -0.0464. The molecule has 0 aromatic heterocycles. The van der Waals surface area contributed by atoms with E-state index in [0.29, 0.717) is 0 Å². The molecular weight excluding hydrogens is 208 g/mol. The minimum Gasteiger partial charge on any atom is -0.388 e. The smallest absolute Gasteiger partial charge is 0.0827 e. The molecule has 17 heavy (non-hydrogen) atoms. The van der Waals surface area contributed by atoms with Gasteiger partial charge in [0, 0.05) is 5.92 Å². The summed E-state index contributed by atoms with van der Waals surface area (Å²) in [6, 6.07) is 20.0. The second-order valence-electron chi connectivity index (χ2n) is 4.03. The Kier molecular flexibility index (Phi) is 3.73. The van der Waals surface area contributed by atoms with Gasteiger partial charge < -0.3 is 5.11 Å². The highest BCUT2D eigenvalue weighted by atomic mass is 16.3. The highest BCUT2D eigenvalue weighted by molar-refractivity contribution is 5.34. The Morgan fingerprint density at radius 2 is 1.24 bits per heavy atom. The number of hydrogen-bond acceptors (Lipinski definition) is 1. The van der Waals surface area contributed by atoms with Crippen molar-refractivity contribution in [3.05, 3.63) is 84.4 Å². The summed E-state index contributed by atoms with van der Waals surface area (Å²) in [6.07, 6.45) is 1.02. The van der Waals surface area contributed by atoms with Gasteiger partial charge in [-0.05, 0) is 11.1 Å². The SMILES string of the molecule is C=CC(O)C(c1ccccc1)c1ccccc1. The van der Waals surface area contributed by atoms with Crippen LogP contribution in [0.1, 0.15) is 17.0 Å². The van der Waals surface area contributed by atoms with E-state index in [4.69, 9.17) is 0 Å². The van der Waals surface area contributed by atoms with Crippen LogP contribution in [-0.4, -0.2) is 11.2 Å². The molecule has 0 aliphatic heterocycles. The van der Waals surface area contributed by atoms with Crippen molar-refractivity contribution < 1.29 is 5.11 Å². The largest absolute Gasteiger partial charge is 0.388 e. The molecular formula is C16H16O. The van der Waals surface area contributed by atoms with Crippen LogP contribution in [0, 0.1) is 0 Å². The highest BCUT2D eigenvalue weighted by Gasteiger charge is 2.19. The molecule has 0 saturated carbocycles. The lowest BCUT2D eigenvalue weighted by Crippen LogP contribution is -2.17. The fraction of sp³-hybridized carbons (Fsp3) is 0.125. The number of aliphatic hydroxyl groups excluding tert-OH is 1. The lowest BCUT2D eigenvalue weighted by molar-refractivity contribution is 0.205. The predicted molar refractivity (Wildman–Crippen MR) is 70.9 cm³/mol. The van der Waals surface area contributed by atoms with E-state index in [0.717, 1.165) is 11.1 Å². The van der Waals surface area contributed by atoms with Crippen LogP contribution in [0.25, 0.3) is 0 Å². The minimum absolute atomic E-state index is 0.0464. The third-order valence-electron chi connectivity index (χ3n) is 2.90. The van der Waals surface area contributed by atoms with Gasteiger partial charge in [0.25, 0.3) is 0 Å². The van der Waals surface area contributed by atoms with Crippen LogP contribution >= 0.6 is 0 Å². The second kappa shape index (κ2) is 5.46. The van der Waals surface area contributed by atoms with Gasteiger partial charge in [-0.25, -0.2) is 0 Å². The van der Waals surface area contributed by atoms with E-state index < -0.39 is 6.10 Å². The molecule has 1 unspecified atom stereocenters. The lowest BCUT2D eigenvalue weighted by Gasteiger charge is -2.21. The molecule has 0 radical (unpaired) electrons. The van der Waals surface area contributed by atoms with Gasteiger partial charge in [-0.2, -0.15) is 0 Å². The van der Waals surface area contributed by atoms with E-state index in [1.54, 1.807) is 6.08 Å². The van der Waals surface area contributed by atoms with Crippen molar-refractivity contribution in [3.63, 3.8) is 0 Å². The zero-order valence-electron chi connectivity index (χ0n) is 9.66. The zero-order valence-corrected chi connectivity index (χ0v) is 9.66. The molecule has 2 rings (SSSR count). The van der Waals surface area contributed by atoms with Gasteiger partial charge in [-0.15, -0.1) is 6.58 Å². The Hall–Kier alpha value is -1.86. The Bertz CT molecular complexity index is 422. The maximum Gasteiger partial charge on any atom is 0.0827 e. The lowest BCUT2D eigenvalue weighted by atomic mass is 9.87. The third-order valence-corrected chi connectivity index (χ3v) is 2.90. The fourth-order valence-corrected chi connectivity index (χ4v) is 2.04. The third kappa shape index (κ3) is 2.63. The molecule has 0 aliphatic rings. The van der Waals surface area contributed by atoms with Gasteiger partial charge in [-0.1, -0.05) is 66.7 Å². The highest BCUT2D eigenvalue weighted by Crippen LogP contribution is 2.28. The number of hydrogen-bond donors (Lipinski definition) is 1. The summed E-state index contributed by atoms with van der Waals surface area (Å²) in [6.45, 7) is 3.68. The predicted octanol–water partition coefficient (Wildman–Crippen LogP) is 3.37. The van der Waals surface area contributed by atoms with Crippen molar-refractivity contribution in [2.24, 2.45) is 0 Å². The van der Waals surface area contributed by atoms with Crippen LogP contribution < -0.4 is 0 Å². The number of benzene rings is 2. The van der Waals surface area contributed by atoms with Crippen molar-refractivity contribution in [3.8, 4) is 0 Å². The normalized spacial score (nSPS) is 12.4. The summed E-state index contributed by atoms with van der Waals surface area (Å²) < 4.78 is 0. The van der Waals surface area contributed by atoms with Crippen LogP contribution in [0.4, 0.5) is 0 Å². The molecule has 86 valence electrons. The second-order valence-corrected chi connectivity index (χ2v) is 4.03. The summed E-state index contributed by atoms with van der Waals surface area (Å²) in [5, 5.41) is 10.1. The Labute approximate surface area is 102 Å². The molecule has 0 fully saturated rings. The summed E-state index contributed by atoms with van der Waals surface area (Å²) in [7, 11) is 0. The summed E-state index contributed by atoms with van der Waals surface area (Å²) >= 11 is 0. The molecule has 0 aliphatic carbocycles. The molecule has 0 bridgehead atoms. The standard InChI is InChI=1S/C16H16O/c1-2-15(17)16(13-9-5-3-6-10-13)14-11-7-4-8-12-14/h2-12,15-17H,1H2. The van der Waals surface area contributed by atoms with E-state index in [1.165, 1.54) is 0 Å². The first-order valence-electron chi connectivity index (χ1n) is 5.73. The Morgan fingerprint density at radius 3 is 1.59 bits per heavy atom. The van der Waals surface area contributed by atoms with Crippen LogP contribution in [0.15, 0.2) is 73.3 Å². The van der Waals surface area contributed by atoms with E-state index in [2.05, 4.69) is 6.58 Å². The molecule has 2 aromatic carbocycles. The van der Waals surface area contributed by atoms with Crippen LogP contribution in [0.2, 0.25) is 0 Å². The van der Waals surface area contributed by atoms with Crippen molar-refractivity contribution >= 4 is 0 Å². The maximum absolute atomic E-state index is 10.1. The van der Waals surface area contributed by atoms with E-state index >= 15 is 0 Å². The summed E-state index contributed by atoms with van der Waals surface area (Å²) in [5.41, 5.74) is 2.21.